The van der Waals surface area contributed by atoms with Gasteiger partial charge in [-0.3, -0.25) is 9.59 Å². The number of carbonyl (C=O) groups is 3. The van der Waals surface area contributed by atoms with Crippen molar-refractivity contribution in [3.63, 3.8) is 0 Å². The standard InChI is InChI=1S/C15H20ClN3O4/c16-11-5-7-12(8-6-11)19-13(20)3-1-9-17-15(23)18-10-2-4-14(21)22/h5-8H,1-4,9-10H2,(H,19,20)(H,21,22)(H2,17,18,23). The molecule has 0 saturated carbocycles. The van der Waals surface area contributed by atoms with Crippen molar-refractivity contribution in [3.8, 4) is 0 Å². The number of halogens is 1. The molecule has 7 nitrogen and oxygen atoms in total. The SMILES string of the molecule is O=C(O)CCCNC(=O)NCCCC(=O)Nc1ccc(Cl)cc1. The maximum absolute atomic E-state index is 11.7. The number of amides is 3. The molecule has 1 aromatic carbocycles. The molecule has 23 heavy (non-hydrogen) atoms. The lowest BCUT2D eigenvalue weighted by atomic mass is 10.2. The van der Waals surface area contributed by atoms with Crippen LogP contribution >= 0.6 is 11.6 Å². The Labute approximate surface area is 139 Å². The molecule has 1 rings (SSSR count). The van der Waals surface area contributed by atoms with Crippen LogP contribution in [0, 0.1) is 0 Å². The maximum atomic E-state index is 11.7. The lowest BCUT2D eigenvalue weighted by Crippen LogP contribution is -2.36. The van der Waals surface area contributed by atoms with Gasteiger partial charge in [0.25, 0.3) is 0 Å². The van der Waals surface area contributed by atoms with Gasteiger partial charge in [-0.2, -0.15) is 0 Å². The third-order valence-electron chi connectivity index (χ3n) is 2.85. The summed E-state index contributed by atoms with van der Waals surface area (Å²) in [6.45, 7) is 0.661. The smallest absolute Gasteiger partial charge is 0.314 e. The Bertz CT molecular complexity index is 534. The van der Waals surface area contributed by atoms with Crippen molar-refractivity contribution < 1.29 is 19.5 Å². The van der Waals surface area contributed by atoms with Crippen LogP contribution in [-0.4, -0.2) is 36.1 Å². The Balaban J connectivity index is 2.07. The zero-order chi connectivity index (χ0) is 17.1. The van der Waals surface area contributed by atoms with E-state index >= 15 is 0 Å². The minimum absolute atomic E-state index is 0.0190. The van der Waals surface area contributed by atoms with Gasteiger partial charge in [0.1, 0.15) is 0 Å². The van der Waals surface area contributed by atoms with E-state index in [1.54, 1.807) is 24.3 Å². The minimum atomic E-state index is -0.890. The van der Waals surface area contributed by atoms with E-state index in [2.05, 4.69) is 16.0 Å². The molecule has 3 amide bonds. The van der Waals surface area contributed by atoms with Crippen molar-refractivity contribution in [2.75, 3.05) is 18.4 Å². The molecule has 0 fully saturated rings. The summed E-state index contributed by atoms with van der Waals surface area (Å²) in [4.78, 5) is 33.4. The predicted octanol–water partition coefficient (Wildman–Crippen LogP) is 2.22. The number of hydrogen-bond donors (Lipinski definition) is 4. The van der Waals surface area contributed by atoms with E-state index in [9.17, 15) is 14.4 Å². The molecule has 0 spiro atoms. The summed E-state index contributed by atoms with van der Waals surface area (Å²) in [6, 6.07) is 6.43. The topological polar surface area (TPSA) is 108 Å². The number of carbonyl (C=O) groups excluding carboxylic acids is 2. The average molecular weight is 342 g/mol. The first kappa shape index (κ1) is 18.8. The van der Waals surface area contributed by atoms with E-state index in [1.165, 1.54) is 0 Å². The largest absolute Gasteiger partial charge is 0.481 e. The van der Waals surface area contributed by atoms with E-state index in [4.69, 9.17) is 16.7 Å². The highest BCUT2D eigenvalue weighted by Crippen LogP contribution is 2.13. The zero-order valence-corrected chi connectivity index (χ0v) is 13.4. The van der Waals surface area contributed by atoms with Gasteiger partial charge in [-0.25, -0.2) is 4.79 Å². The first-order valence-corrected chi connectivity index (χ1v) is 7.64. The number of urea groups is 1. The van der Waals surface area contributed by atoms with E-state index in [0.29, 0.717) is 36.6 Å². The molecule has 8 heteroatoms. The maximum Gasteiger partial charge on any atom is 0.314 e. The van der Waals surface area contributed by atoms with E-state index < -0.39 is 5.97 Å². The van der Waals surface area contributed by atoms with Crippen LogP contribution in [0.25, 0.3) is 0 Å². The Morgan fingerprint density at radius 3 is 2.09 bits per heavy atom. The summed E-state index contributed by atoms with van der Waals surface area (Å²) in [5.74, 6) is -1.03. The van der Waals surface area contributed by atoms with Gasteiger partial charge in [-0.1, -0.05) is 11.6 Å². The second kappa shape index (κ2) is 10.4. The van der Waals surface area contributed by atoms with E-state index in [-0.39, 0.29) is 24.8 Å². The van der Waals surface area contributed by atoms with Gasteiger partial charge in [0.2, 0.25) is 5.91 Å². The molecule has 4 N–H and O–H groups in total. The average Bonchev–Trinajstić information content (AvgIpc) is 2.50. The fourth-order valence-electron chi connectivity index (χ4n) is 1.71. The van der Waals surface area contributed by atoms with Crippen molar-refractivity contribution in [1.82, 2.24) is 10.6 Å². The Hall–Kier alpha value is -2.28. The van der Waals surface area contributed by atoms with Gasteiger partial charge in [-0.05, 0) is 37.1 Å². The van der Waals surface area contributed by atoms with Crippen molar-refractivity contribution in [3.05, 3.63) is 29.3 Å². The van der Waals surface area contributed by atoms with Gasteiger partial charge >= 0.3 is 12.0 Å². The molecule has 0 saturated heterocycles. The summed E-state index contributed by atoms with van der Waals surface area (Å²) in [5, 5.41) is 16.9. The first-order chi connectivity index (χ1) is 11.0. The molecule has 0 aromatic heterocycles. The number of aliphatic carboxylic acids is 1. The molecule has 1 aromatic rings. The van der Waals surface area contributed by atoms with Gasteiger partial charge in [0, 0.05) is 36.6 Å². The summed E-state index contributed by atoms with van der Waals surface area (Å²) in [5.41, 5.74) is 0.670. The monoisotopic (exact) mass is 341 g/mol. The number of rotatable bonds is 9. The molecular weight excluding hydrogens is 322 g/mol. The number of carboxylic acids is 1. The van der Waals surface area contributed by atoms with Crippen LogP contribution in [0.3, 0.4) is 0 Å². The lowest BCUT2D eigenvalue weighted by molar-refractivity contribution is -0.137. The summed E-state index contributed by atoms with van der Waals surface area (Å²) < 4.78 is 0. The molecule has 0 aliphatic heterocycles. The number of carboxylic acid groups (broad SMARTS) is 1. The Morgan fingerprint density at radius 1 is 0.957 bits per heavy atom. The van der Waals surface area contributed by atoms with Crippen LogP contribution in [0.4, 0.5) is 10.5 Å². The highest BCUT2D eigenvalue weighted by atomic mass is 35.5. The molecule has 0 heterocycles. The molecule has 126 valence electrons. The molecule has 0 bridgehead atoms. The molecule has 0 radical (unpaired) electrons. The van der Waals surface area contributed by atoms with Gasteiger partial charge in [0.05, 0.1) is 0 Å². The Morgan fingerprint density at radius 2 is 1.52 bits per heavy atom. The van der Waals surface area contributed by atoms with Gasteiger partial charge < -0.3 is 21.1 Å². The van der Waals surface area contributed by atoms with Gasteiger partial charge in [0.15, 0.2) is 0 Å². The summed E-state index contributed by atoms with van der Waals surface area (Å²) in [7, 11) is 0. The molecule has 0 atom stereocenters. The fourth-order valence-corrected chi connectivity index (χ4v) is 1.84. The molecule has 0 aliphatic carbocycles. The minimum Gasteiger partial charge on any atom is -0.481 e. The van der Waals surface area contributed by atoms with Gasteiger partial charge in [-0.15, -0.1) is 0 Å². The highest BCUT2D eigenvalue weighted by molar-refractivity contribution is 6.30. The lowest BCUT2D eigenvalue weighted by Gasteiger charge is -2.07. The fraction of sp³-hybridized carbons (Fsp3) is 0.400. The van der Waals surface area contributed by atoms with Crippen LogP contribution in [0.5, 0.6) is 0 Å². The Kier molecular flexibility index (Phi) is 8.52. The third-order valence-corrected chi connectivity index (χ3v) is 3.10. The van der Waals surface area contributed by atoms with Crippen molar-refractivity contribution in [2.45, 2.75) is 25.7 Å². The third kappa shape index (κ3) is 9.36. The van der Waals surface area contributed by atoms with Crippen LogP contribution in [0.15, 0.2) is 24.3 Å². The summed E-state index contributed by atoms with van der Waals surface area (Å²) in [6.07, 6.45) is 1.18. The number of benzene rings is 1. The number of anilines is 1. The number of hydrogen-bond acceptors (Lipinski definition) is 3. The van der Waals surface area contributed by atoms with Crippen LogP contribution in [-0.2, 0) is 9.59 Å². The van der Waals surface area contributed by atoms with Crippen molar-refractivity contribution in [2.24, 2.45) is 0 Å². The molecule has 0 unspecified atom stereocenters. The van der Waals surface area contributed by atoms with Crippen LogP contribution < -0.4 is 16.0 Å². The quantitative estimate of drug-likeness (QED) is 0.516. The van der Waals surface area contributed by atoms with Crippen LogP contribution in [0.1, 0.15) is 25.7 Å². The second-order valence-electron chi connectivity index (χ2n) is 4.84. The zero-order valence-electron chi connectivity index (χ0n) is 12.6. The molecular formula is C15H20ClN3O4. The first-order valence-electron chi connectivity index (χ1n) is 7.26. The normalized spacial score (nSPS) is 9.96. The van der Waals surface area contributed by atoms with E-state index in [0.717, 1.165) is 0 Å². The molecule has 0 aliphatic rings. The second-order valence-corrected chi connectivity index (χ2v) is 5.28. The van der Waals surface area contributed by atoms with E-state index in [1.807, 2.05) is 0 Å². The van der Waals surface area contributed by atoms with Crippen molar-refractivity contribution >= 4 is 35.2 Å². The van der Waals surface area contributed by atoms with Crippen molar-refractivity contribution in [1.29, 1.82) is 0 Å². The summed E-state index contributed by atoms with van der Waals surface area (Å²) >= 11 is 5.75. The predicted molar refractivity (Wildman–Crippen MR) is 87.6 cm³/mol. The number of nitrogens with one attached hydrogen (secondary N) is 3. The highest BCUT2D eigenvalue weighted by Gasteiger charge is 2.04. The van der Waals surface area contributed by atoms with Crippen LogP contribution in [0.2, 0.25) is 5.02 Å².